The first-order valence-corrected chi connectivity index (χ1v) is 28.7. The van der Waals surface area contributed by atoms with E-state index in [4.69, 9.17) is 74.4 Å². The first-order valence-electron chi connectivity index (χ1n) is 28.7. The van der Waals surface area contributed by atoms with E-state index in [-0.39, 0.29) is 156 Å². The van der Waals surface area contributed by atoms with Crippen molar-refractivity contribution >= 4 is 99.8 Å². The summed E-state index contributed by atoms with van der Waals surface area (Å²) in [7, 11) is 5.17. The van der Waals surface area contributed by atoms with Crippen LogP contribution in [0.3, 0.4) is 0 Å². The summed E-state index contributed by atoms with van der Waals surface area (Å²) < 4.78 is 21.7. The minimum atomic E-state index is -1.35. The molecule has 0 aliphatic rings. The maximum atomic E-state index is 14.4. The van der Waals surface area contributed by atoms with Crippen LogP contribution >= 0.6 is 0 Å². The van der Waals surface area contributed by atoms with Gasteiger partial charge in [-0.3, -0.25) is 64.8 Å². The Morgan fingerprint density at radius 2 is 0.656 bits per heavy atom. The molecule has 4 atom stereocenters. The Labute approximate surface area is 534 Å². The molecule has 0 spiro atoms. The van der Waals surface area contributed by atoms with Crippen molar-refractivity contribution in [1.82, 2.24) is 42.5 Å². The number of carboxylic acids is 1. The van der Waals surface area contributed by atoms with E-state index in [1.54, 1.807) is 0 Å². The molecule has 0 unspecified atom stereocenters. The van der Waals surface area contributed by atoms with E-state index in [0.717, 1.165) is 0 Å². The lowest BCUT2D eigenvalue weighted by atomic mass is 10.1. The van der Waals surface area contributed by atoms with Crippen molar-refractivity contribution in [3.8, 4) is 23.0 Å². The highest BCUT2D eigenvalue weighted by atomic mass is 16.5. The zero-order valence-electron chi connectivity index (χ0n) is 51.6. The molecule has 0 bridgehead atoms. The molecule has 0 saturated carbocycles. The number of carbonyl (C=O) groups excluding carboxylic acids is 8. The van der Waals surface area contributed by atoms with E-state index in [0.29, 0.717) is 13.0 Å². The van der Waals surface area contributed by atoms with Crippen LogP contribution in [0.4, 0.5) is 22.7 Å². The zero-order valence-corrected chi connectivity index (χ0v) is 51.6. The molecular weight excluding hydrogens is 1210 g/mol. The molecule has 0 aliphatic heterocycles. The topological polar surface area (TPSA) is 581 Å². The summed E-state index contributed by atoms with van der Waals surface area (Å²) in [5.74, 6) is -8.57. The van der Waals surface area contributed by atoms with Crippen molar-refractivity contribution < 1.29 is 67.2 Å². The Balaban J connectivity index is 1.60. The van der Waals surface area contributed by atoms with Crippen molar-refractivity contribution in [3.63, 3.8) is 0 Å². The van der Waals surface area contributed by atoms with Gasteiger partial charge in [-0.05, 0) is 124 Å². The van der Waals surface area contributed by atoms with Gasteiger partial charge >= 0.3 is 5.97 Å². The molecule has 4 aromatic carbocycles. The molecule has 8 amide bonds. The first kappa shape index (κ1) is 73.8. The summed E-state index contributed by atoms with van der Waals surface area (Å²) in [6.45, 7) is -0.0232. The lowest BCUT2D eigenvalue weighted by Crippen LogP contribution is -2.45. The van der Waals surface area contributed by atoms with Crippen molar-refractivity contribution in [3.05, 3.63) is 95.1 Å². The predicted molar refractivity (Wildman–Crippen MR) is 345 cm³/mol. The molecule has 0 aliphatic carbocycles. The first-order chi connectivity index (χ1) is 44.3. The fourth-order valence-electron chi connectivity index (χ4n) is 8.81. The normalized spacial score (nSPS) is 11.8. The van der Waals surface area contributed by atoms with Crippen LogP contribution in [0.5, 0.6) is 23.0 Å². The number of carbonyl (C=O) groups is 9. The summed E-state index contributed by atoms with van der Waals surface area (Å²) >= 11 is 0. The smallest absolute Gasteiger partial charge is 0.322 e. The van der Waals surface area contributed by atoms with Crippen LogP contribution in [-0.2, 0) is 24.0 Å². The third-order valence-electron chi connectivity index (χ3n) is 13.4. The number of nitrogens with two attached hydrogens (primary N) is 5. The Kier molecular flexibility index (Phi) is 29.7. The number of rotatable bonds is 37. The highest BCUT2D eigenvalue weighted by Gasteiger charge is 2.29. The molecule has 0 fully saturated rings. The molecular formula is C58H81N21O14. The maximum Gasteiger partial charge on any atom is 0.322 e. The number of hydrogen-bond donors (Lipinski definition) is 22. The molecule has 0 radical (unpaired) electrons. The second-order valence-electron chi connectivity index (χ2n) is 20.3. The summed E-state index contributed by atoms with van der Waals surface area (Å²) in [4.78, 5) is 122. The van der Waals surface area contributed by atoms with Gasteiger partial charge in [0.05, 0.1) is 56.7 Å². The van der Waals surface area contributed by atoms with Crippen molar-refractivity contribution in [2.75, 3.05) is 82.4 Å². The van der Waals surface area contributed by atoms with E-state index in [2.05, 4.69) is 63.8 Å². The number of hydrogen-bond acceptors (Lipinski definition) is 18. The fraction of sp³-hybridized carbons (Fsp3) is 0.362. The van der Waals surface area contributed by atoms with E-state index in [9.17, 15) is 43.2 Å². The number of guanidine groups is 4. The van der Waals surface area contributed by atoms with Gasteiger partial charge in [-0.15, -0.1) is 0 Å². The van der Waals surface area contributed by atoms with Crippen LogP contribution < -0.4 is 111 Å². The highest BCUT2D eigenvalue weighted by molar-refractivity contribution is 6.08. The van der Waals surface area contributed by atoms with Gasteiger partial charge in [-0.25, -0.2) is 0 Å². The largest absolute Gasteiger partial charge is 0.496 e. The number of carboxylic acid groups (broad SMARTS) is 1. The molecule has 502 valence electrons. The molecule has 4 aromatic rings. The van der Waals surface area contributed by atoms with Crippen molar-refractivity contribution in [2.24, 2.45) is 28.7 Å². The lowest BCUT2D eigenvalue weighted by Gasteiger charge is -2.22. The average molecular weight is 1300 g/mol. The predicted octanol–water partition coefficient (Wildman–Crippen LogP) is -0.934. The van der Waals surface area contributed by atoms with Gasteiger partial charge in [-0.1, -0.05) is 0 Å². The quantitative estimate of drug-likeness (QED) is 0.0147. The van der Waals surface area contributed by atoms with Crippen molar-refractivity contribution in [2.45, 2.75) is 75.5 Å². The Bertz CT molecular complexity index is 3390. The van der Waals surface area contributed by atoms with Gasteiger partial charge in [-0.2, -0.15) is 0 Å². The fourth-order valence-corrected chi connectivity index (χ4v) is 8.81. The summed E-state index contributed by atoms with van der Waals surface area (Å²) in [5, 5.41) is 70.6. The number of amides is 8. The number of anilines is 4. The minimum absolute atomic E-state index is 0.00937. The highest BCUT2D eigenvalue weighted by Crippen LogP contribution is 2.28. The number of methoxy groups -OCH3 is 4. The molecule has 0 aromatic heterocycles. The van der Waals surface area contributed by atoms with Crippen LogP contribution in [0.25, 0.3) is 0 Å². The monoisotopic (exact) mass is 1300 g/mol. The van der Waals surface area contributed by atoms with Crippen LogP contribution in [0.1, 0.15) is 92.8 Å². The molecule has 0 saturated heterocycles. The molecule has 27 N–H and O–H groups in total. The molecule has 4 rings (SSSR count). The number of ether oxygens (including phenoxy) is 4. The van der Waals surface area contributed by atoms with Crippen LogP contribution in [-0.4, -0.2) is 168 Å². The lowest BCUT2D eigenvalue weighted by molar-refractivity contribution is -0.135. The summed E-state index contributed by atoms with van der Waals surface area (Å²) in [6, 6.07) is 11.5. The number of aliphatic carboxylic acids is 1. The number of nitrogens with one attached hydrogen (secondary N) is 16. The Morgan fingerprint density at radius 1 is 0.398 bits per heavy atom. The van der Waals surface area contributed by atoms with Crippen LogP contribution in [0.2, 0.25) is 0 Å². The molecule has 0 heterocycles. The standard InChI is InChI=1S/C58H81N21O14/c1-90-42-17-14-31(25-34(42)47(82)72-29-46(80)81)74-52(87)39(10-6-22-69-56(62)63)78-49(84)36-27-33(16-19-44(36)92-3)76-54(89)41(12-8-24-71-58(66)67)79-50(85)37-28-32(15-20-45(37)93-4)75-53(88)40(11-7-23-70-57(64)65)77-48(83)35-26-30(13-18-43(35)91-2)73-51(86)38(59)9-5-21-68-55(60)61/h13-20,25-28,38-41H,5-12,21-24,29,59H2,1-4H3,(H,72,82)(H,73,86)(H,74,87)(H,75,88)(H,76,89)(H,77,83)(H,78,84)(H,79,85)(H,80,81)(H4,60,61,68)(H4,62,63,69)(H4,64,65,70)(H4,66,67,71)/t38-,39-,40-,41-/m1/s1. The van der Waals surface area contributed by atoms with Gasteiger partial charge in [0, 0.05) is 48.9 Å². The van der Waals surface area contributed by atoms with Crippen LogP contribution in [0.15, 0.2) is 72.8 Å². The summed E-state index contributed by atoms with van der Waals surface area (Å²) in [6.07, 6.45) is 1.12. The Morgan fingerprint density at radius 3 is 0.914 bits per heavy atom. The maximum absolute atomic E-state index is 14.4. The van der Waals surface area contributed by atoms with Gasteiger partial charge < -0.3 is 117 Å². The third-order valence-corrected chi connectivity index (χ3v) is 13.4. The second kappa shape index (κ2) is 37.4. The van der Waals surface area contributed by atoms with E-state index >= 15 is 0 Å². The minimum Gasteiger partial charge on any atom is -0.496 e. The number of benzene rings is 4. The molecule has 93 heavy (non-hydrogen) atoms. The average Bonchev–Trinajstić information content (AvgIpc) is 1.08. The third kappa shape index (κ3) is 24.7. The summed E-state index contributed by atoms with van der Waals surface area (Å²) in [5.41, 5.74) is 27.7. The van der Waals surface area contributed by atoms with E-state index in [1.165, 1.54) is 101 Å². The van der Waals surface area contributed by atoms with Gasteiger partial charge in [0.25, 0.3) is 23.6 Å². The van der Waals surface area contributed by atoms with Gasteiger partial charge in [0.1, 0.15) is 47.7 Å². The Hall–Kier alpha value is -11.7. The van der Waals surface area contributed by atoms with E-state index in [1.807, 2.05) is 0 Å². The van der Waals surface area contributed by atoms with Crippen molar-refractivity contribution in [1.29, 1.82) is 21.6 Å². The van der Waals surface area contributed by atoms with Crippen LogP contribution in [0, 0.1) is 21.6 Å². The molecule has 35 heteroatoms. The van der Waals surface area contributed by atoms with Gasteiger partial charge in [0.15, 0.2) is 23.8 Å². The van der Waals surface area contributed by atoms with Gasteiger partial charge in [0.2, 0.25) is 23.6 Å². The zero-order chi connectivity index (χ0) is 68.7. The second-order valence-corrected chi connectivity index (χ2v) is 20.3. The van der Waals surface area contributed by atoms with E-state index < -0.39 is 83.9 Å². The molecule has 35 nitrogen and oxygen atoms in total. The SMILES string of the molecule is COc1ccc(NC(=O)[C@@H](CCCNC(=N)N)NC(=O)c2cc(NC(=O)[C@@H](CCCNC(=N)N)NC(=O)c3cc(NC(=O)[C@@H](CCCNC(=N)N)NC(=O)c4cc(NC(=O)[C@H](N)CCCNC(=N)N)ccc4OC)ccc3OC)ccc2OC)cc1C(=O)NCC(=O)O.